The van der Waals surface area contributed by atoms with Crippen LogP contribution in [0.2, 0.25) is 10.0 Å². The molecule has 1 aromatic carbocycles. The fourth-order valence-electron chi connectivity index (χ4n) is 2.87. The van der Waals surface area contributed by atoms with Gasteiger partial charge in [-0.2, -0.15) is 0 Å². The monoisotopic (exact) mass is 380 g/mol. The van der Waals surface area contributed by atoms with Gasteiger partial charge in [0.15, 0.2) is 11.6 Å². The number of aromatic nitrogens is 2. The molecule has 1 fully saturated rings. The smallest absolute Gasteiger partial charge is 0.159 e. The highest BCUT2D eigenvalue weighted by Gasteiger charge is 2.12. The molecule has 4 N–H and O–H groups in total. The number of hydrogen-bond donors (Lipinski definition) is 3. The normalized spacial score (nSPS) is 15.1. The zero-order valence-electron chi connectivity index (χ0n) is 13.9. The number of rotatable bonds is 6. The molecule has 0 atom stereocenters. The molecule has 0 aliphatic carbocycles. The summed E-state index contributed by atoms with van der Waals surface area (Å²) >= 11 is 12.2. The van der Waals surface area contributed by atoms with Crippen LogP contribution in [0.1, 0.15) is 19.3 Å². The van der Waals surface area contributed by atoms with Gasteiger partial charge in [0.25, 0.3) is 0 Å². The largest absolute Gasteiger partial charge is 0.393 e. The van der Waals surface area contributed by atoms with Crippen LogP contribution in [0.25, 0.3) is 0 Å². The van der Waals surface area contributed by atoms with Gasteiger partial charge in [0.1, 0.15) is 12.0 Å². The fourth-order valence-corrected chi connectivity index (χ4v) is 3.21. The van der Waals surface area contributed by atoms with E-state index in [1.54, 1.807) is 18.2 Å². The predicted octanol–water partition coefficient (Wildman–Crippen LogP) is 4.01. The van der Waals surface area contributed by atoms with Gasteiger partial charge in [-0.3, -0.25) is 0 Å². The van der Waals surface area contributed by atoms with Crippen LogP contribution in [-0.4, -0.2) is 41.0 Å². The molecule has 1 aliphatic rings. The van der Waals surface area contributed by atoms with Crippen LogP contribution >= 0.6 is 23.2 Å². The zero-order chi connectivity index (χ0) is 17.6. The molecule has 25 heavy (non-hydrogen) atoms. The number of piperidine rings is 1. The Balaban J connectivity index is 1.64. The molecule has 6 nitrogen and oxygen atoms in total. The van der Waals surface area contributed by atoms with E-state index in [4.69, 9.17) is 28.9 Å². The van der Waals surface area contributed by atoms with E-state index >= 15 is 0 Å². The number of nitrogens with two attached hydrogens (primary N) is 1. The maximum atomic E-state index is 6.20. The highest BCUT2D eigenvalue weighted by atomic mass is 35.5. The molecular weight excluding hydrogens is 359 g/mol. The Morgan fingerprint density at radius 1 is 1.08 bits per heavy atom. The van der Waals surface area contributed by atoms with Crippen LogP contribution in [0.5, 0.6) is 0 Å². The van der Waals surface area contributed by atoms with Gasteiger partial charge in [0, 0.05) is 18.1 Å². The minimum absolute atomic E-state index is 0.456. The minimum Gasteiger partial charge on any atom is -0.393 e. The first kappa shape index (κ1) is 18.0. The Hall–Kier alpha value is -1.76. The van der Waals surface area contributed by atoms with Crippen molar-refractivity contribution in [2.45, 2.75) is 19.3 Å². The van der Waals surface area contributed by atoms with Crippen LogP contribution in [0.15, 0.2) is 24.5 Å². The van der Waals surface area contributed by atoms with Crippen LogP contribution in [0.3, 0.4) is 0 Å². The van der Waals surface area contributed by atoms with E-state index in [0.717, 1.165) is 13.1 Å². The Morgan fingerprint density at radius 2 is 1.84 bits per heavy atom. The predicted molar refractivity (Wildman–Crippen MR) is 105 cm³/mol. The second kappa shape index (κ2) is 8.56. The number of nitrogens with zero attached hydrogens (tertiary/aromatic N) is 3. The molecule has 0 amide bonds. The van der Waals surface area contributed by atoms with E-state index in [0.29, 0.717) is 33.1 Å². The lowest BCUT2D eigenvalue weighted by Crippen LogP contribution is -2.33. The number of hydrogen-bond acceptors (Lipinski definition) is 6. The summed E-state index contributed by atoms with van der Waals surface area (Å²) in [7, 11) is 0. The van der Waals surface area contributed by atoms with E-state index in [-0.39, 0.29) is 0 Å². The molecule has 2 aromatic rings. The number of likely N-dealkylation sites (tertiary alicyclic amines) is 1. The zero-order valence-corrected chi connectivity index (χ0v) is 15.4. The third-order valence-electron chi connectivity index (χ3n) is 4.23. The van der Waals surface area contributed by atoms with Gasteiger partial charge in [-0.1, -0.05) is 29.6 Å². The summed E-state index contributed by atoms with van der Waals surface area (Å²) in [5, 5.41) is 7.54. The lowest BCUT2D eigenvalue weighted by Gasteiger charge is -2.26. The van der Waals surface area contributed by atoms with E-state index in [1.165, 1.54) is 38.7 Å². The quantitative estimate of drug-likeness (QED) is 0.702. The van der Waals surface area contributed by atoms with Crippen molar-refractivity contribution >= 4 is 46.2 Å². The minimum atomic E-state index is 0.456. The first-order chi connectivity index (χ1) is 12.1. The summed E-state index contributed by atoms with van der Waals surface area (Å²) in [4.78, 5) is 10.9. The number of anilines is 4. The molecule has 1 saturated heterocycles. The summed E-state index contributed by atoms with van der Waals surface area (Å²) in [6.45, 7) is 4.10. The lowest BCUT2D eigenvalue weighted by molar-refractivity contribution is 0.237. The number of benzene rings is 1. The van der Waals surface area contributed by atoms with E-state index in [1.807, 2.05) is 0 Å². The van der Waals surface area contributed by atoms with E-state index in [9.17, 15) is 0 Å². The van der Waals surface area contributed by atoms with Gasteiger partial charge in [0.2, 0.25) is 0 Å². The average Bonchev–Trinajstić information content (AvgIpc) is 2.62. The molecule has 2 heterocycles. The highest BCUT2D eigenvalue weighted by Crippen LogP contribution is 2.31. The molecular formula is C17H22Cl2N6. The summed E-state index contributed by atoms with van der Waals surface area (Å²) in [5.41, 5.74) is 7.31. The second-order valence-corrected chi connectivity index (χ2v) is 6.91. The van der Waals surface area contributed by atoms with Crippen LogP contribution in [0.4, 0.5) is 23.0 Å². The molecule has 0 spiro atoms. The lowest BCUT2D eigenvalue weighted by atomic mass is 10.1. The number of halogens is 2. The summed E-state index contributed by atoms with van der Waals surface area (Å²) in [6, 6.07) is 5.18. The first-order valence-electron chi connectivity index (χ1n) is 8.42. The van der Waals surface area contributed by atoms with Crippen LogP contribution < -0.4 is 16.4 Å². The van der Waals surface area contributed by atoms with Crippen molar-refractivity contribution in [3.8, 4) is 0 Å². The molecule has 3 rings (SSSR count). The van der Waals surface area contributed by atoms with Crippen molar-refractivity contribution in [2.75, 3.05) is 42.5 Å². The fraction of sp³-hybridized carbons (Fsp3) is 0.412. The van der Waals surface area contributed by atoms with Crippen molar-refractivity contribution in [1.29, 1.82) is 0 Å². The third kappa shape index (κ3) is 4.87. The maximum Gasteiger partial charge on any atom is 0.159 e. The van der Waals surface area contributed by atoms with Crippen LogP contribution in [0, 0.1) is 0 Å². The standard InChI is InChI=1S/C17H22Cl2N6/c18-12-4-5-13(19)14(10-12)24-17-15(20)16(22-11-23-17)21-6-9-25-7-2-1-3-8-25/h4-5,10-11H,1-3,6-9,20H2,(H2,21,22,23,24). The Kier molecular flexibility index (Phi) is 6.18. The molecule has 0 unspecified atom stereocenters. The molecule has 134 valence electrons. The Bertz CT molecular complexity index is 718. The van der Waals surface area contributed by atoms with Crippen molar-refractivity contribution < 1.29 is 0 Å². The van der Waals surface area contributed by atoms with Gasteiger partial charge in [0.05, 0.1) is 10.7 Å². The summed E-state index contributed by atoms with van der Waals surface area (Å²) in [6.07, 6.45) is 5.37. The molecule has 8 heteroatoms. The first-order valence-corrected chi connectivity index (χ1v) is 9.18. The van der Waals surface area contributed by atoms with E-state index < -0.39 is 0 Å². The van der Waals surface area contributed by atoms with E-state index in [2.05, 4.69) is 25.5 Å². The molecule has 0 bridgehead atoms. The van der Waals surface area contributed by atoms with Crippen molar-refractivity contribution in [2.24, 2.45) is 0 Å². The van der Waals surface area contributed by atoms with Crippen molar-refractivity contribution in [3.05, 3.63) is 34.6 Å². The molecule has 0 radical (unpaired) electrons. The van der Waals surface area contributed by atoms with Crippen LogP contribution in [-0.2, 0) is 0 Å². The highest BCUT2D eigenvalue weighted by molar-refractivity contribution is 6.35. The molecule has 1 aliphatic heterocycles. The van der Waals surface area contributed by atoms with Gasteiger partial charge in [-0.05, 0) is 44.1 Å². The SMILES string of the molecule is Nc1c(NCCN2CCCCC2)ncnc1Nc1cc(Cl)ccc1Cl. The van der Waals surface area contributed by atoms with Crippen molar-refractivity contribution in [1.82, 2.24) is 14.9 Å². The number of nitrogen functional groups attached to an aromatic ring is 1. The van der Waals surface area contributed by atoms with Crippen molar-refractivity contribution in [3.63, 3.8) is 0 Å². The number of nitrogens with one attached hydrogen (secondary N) is 2. The van der Waals surface area contributed by atoms with Gasteiger partial charge in [-0.15, -0.1) is 0 Å². The third-order valence-corrected chi connectivity index (χ3v) is 4.80. The summed E-state index contributed by atoms with van der Waals surface area (Å²) < 4.78 is 0. The topological polar surface area (TPSA) is 79.1 Å². The Morgan fingerprint density at radius 3 is 2.64 bits per heavy atom. The summed E-state index contributed by atoms with van der Waals surface area (Å²) in [5.74, 6) is 1.12. The van der Waals surface area contributed by atoms with Gasteiger partial charge in [-0.25, -0.2) is 9.97 Å². The average molecular weight is 381 g/mol. The second-order valence-electron chi connectivity index (χ2n) is 6.06. The van der Waals surface area contributed by atoms with Gasteiger partial charge < -0.3 is 21.3 Å². The molecule has 0 saturated carbocycles. The maximum absolute atomic E-state index is 6.20. The Labute approximate surface area is 157 Å². The van der Waals surface area contributed by atoms with Gasteiger partial charge >= 0.3 is 0 Å². The molecule has 1 aromatic heterocycles.